The molecule has 0 aliphatic heterocycles. The summed E-state index contributed by atoms with van der Waals surface area (Å²) >= 11 is 0. The highest BCUT2D eigenvalue weighted by atomic mass is 19.1. The molecule has 4 aromatic rings. The predicted molar refractivity (Wildman–Crippen MR) is 137 cm³/mol. The Morgan fingerprint density at radius 2 is 1.53 bits per heavy atom. The predicted octanol–water partition coefficient (Wildman–Crippen LogP) is 5.37. The number of nitriles is 1. The third-order valence-electron chi connectivity index (χ3n) is 5.66. The third-order valence-corrected chi connectivity index (χ3v) is 5.66. The molecule has 0 saturated heterocycles. The summed E-state index contributed by atoms with van der Waals surface area (Å²) in [5.74, 6) is -0.520. The van der Waals surface area contributed by atoms with Crippen LogP contribution in [0.5, 0.6) is 11.5 Å². The molecule has 3 aromatic carbocycles. The number of halogens is 1. The van der Waals surface area contributed by atoms with Gasteiger partial charge in [-0.3, -0.25) is 14.9 Å². The number of rotatable bonds is 9. The fraction of sp³-hybridized carbons (Fsp3) is 0.138. The van der Waals surface area contributed by atoms with E-state index in [1.54, 1.807) is 68.8 Å². The summed E-state index contributed by atoms with van der Waals surface area (Å²) in [5.41, 5.74) is 2.02. The number of carbonyl (C=O) groups excluding carboxylic acids is 2. The Bertz CT molecular complexity index is 1490. The van der Waals surface area contributed by atoms with Gasteiger partial charge in [-0.25, -0.2) is 4.39 Å². The second-order valence-electron chi connectivity index (χ2n) is 8.06. The molecule has 0 radical (unpaired) electrons. The molecular weight excluding hydrogens is 491 g/mol. The fourth-order valence-corrected chi connectivity index (χ4v) is 3.76. The molecule has 0 bridgehead atoms. The lowest BCUT2D eigenvalue weighted by molar-refractivity contribution is -0.146. The standard InChI is InChI=1S/C29H23FN2O6/c1-35-21-11-7-18(8-12-21)27-23(16-31)29(38-28(27)19-9-13-22(36-2)14-10-19)32-25(33)17-37-26(34)15-20-5-3-4-6-24(20)30/h3-14H,15,17H2,1-2H3,(H,32,33). The zero-order valence-corrected chi connectivity index (χ0v) is 20.6. The molecule has 0 aliphatic carbocycles. The molecule has 0 aliphatic rings. The molecule has 0 unspecified atom stereocenters. The maximum absolute atomic E-state index is 13.8. The van der Waals surface area contributed by atoms with Crippen molar-refractivity contribution in [2.75, 3.05) is 26.1 Å². The first-order chi connectivity index (χ1) is 18.4. The van der Waals surface area contributed by atoms with Crippen molar-refractivity contribution in [3.8, 4) is 40.0 Å². The highest BCUT2D eigenvalue weighted by Crippen LogP contribution is 2.42. The molecule has 192 valence electrons. The fourth-order valence-electron chi connectivity index (χ4n) is 3.76. The number of hydrogen-bond acceptors (Lipinski definition) is 7. The van der Waals surface area contributed by atoms with Crippen LogP contribution in [-0.2, 0) is 20.7 Å². The van der Waals surface area contributed by atoms with Crippen molar-refractivity contribution in [1.29, 1.82) is 5.26 Å². The minimum atomic E-state index is -0.775. The van der Waals surface area contributed by atoms with Gasteiger partial charge in [0.15, 0.2) is 6.61 Å². The van der Waals surface area contributed by atoms with E-state index in [2.05, 4.69) is 11.4 Å². The Morgan fingerprint density at radius 3 is 2.11 bits per heavy atom. The Morgan fingerprint density at radius 1 is 0.921 bits per heavy atom. The van der Waals surface area contributed by atoms with E-state index >= 15 is 0 Å². The van der Waals surface area contributed by atoms with Gasteiger partial charge in [0.2, 0.25) is 5.88 Å². The Hall–Kier alpha value is -5.10. The van der Waals surface area contributed by atoms with Crippen LogP contribution in [0.25, 0.3) is 22.5 Å². The largest absolute Gasteiger partial charge is 0.497 e. The van der Waals surface area contributed by atoms with Gasteiger partial charge in [0.05, 0.1) is 20.6 Å². The first kappa shape index (κ1) is 26.0. The lowest BCUT2D eigenvalue weighted by Crippen LogP contribution is -2.22. The minimum absolute atomic E-state index is 0.0898. The number of nitrogens with zero attached hydrogens (tertiary/aromatic N) is 1. The van der Waals surface area contributed by atoms with Crippen LogP contribution in [0, 0.1) is 17.1 Å². The first-order valence-corrected chi connectivity index (χ1v) is 11.5. The SMILES string of the molecule is COc1ccc(-c2oc(NC(=O)COC(=O)Cc3ccccc3F)c(C#N)c2-c2ccc(OC)cc2)cc1. The van der Waals surface area contributed by atoms with Crippen LogP contribution < -0.4 is 14.8 Å². The Balaban J connectivity index is 1.59. The second kappa shape index (κ2) is 11.8. The summed E-state index contributed by atoms with van der Waals surface area (Å²) in [6, 6.07) is 21.9. The number of benzene rings is 3. The normalized spacial score (nSPS) is 10.4. The molecule has 4 rings (SSSR count). The first-order valence-electron chi connectivity index (χ1n) is 11.5. The van der Waals surface area contributed by atoms with Crippen LogP contribution in [0.2, 0.25) is 0 Å². The van der Waals surface area contributed by atoms with Gasteiger partial charge in [-0.15, -0.1) is 0 Å². The second-order valence-corrected chi connectivity index (χ2v) is 8.06. The van der Waals surface area contributed by atoms with Gasteiger partial charge in [0.25, 0.3) is 5.91 Å². The number of amides is 1. The molecule has 8 nitrogen and oxygen atoms in total. The van der Waals surface area contributed by atoms with Crippen molar-refractivity contribution in [3.63, 3.8) is 0 Å². The maximum Gasteiger partial charge on any atom is 0.310 e. The van der Waals surface area contributed by atoms with E-state index in [1.165, 1.54) is 18.2 Å². The molecule has 1 N–H and O–H groups in total. The van der Waals surface area contributed by atoms with Gasteiger partial charge < -0.3 is 18.6 Å². The van der Waals surface area contributed by atoms with Crippen LogP contribution in [0.15, 0.2) is 77.2 Å². The van der Waals surface area contributed by atoms with Gasteiger partial charge in [-0.2, -0.15) is 5.26 Å². The van der Waals surface area contributed by atoms with E-state index < -0.39 is 24.3 Å². The molecule has 1 heterocycles. The number of nitrogens with one attached hydrogen (secondary N) is 1. The molecule has 0 atom stereocenters. The van der Waals surface area contributed by atoms with Crippen molar-refractivity contribution in [2.45, 2.75) is 6.42 Å². The van der Waals surface area contributed by atoms with Crippen LogP contribution in [0.1, 0.15) is 11.1 Å². The van der Waals surface area contributed by atoms with Crippen LogP contribution in [-0.4, -0.2) is 32.7 Å². The molecule has 1 amide bonds. The number of hydrogen-bond donors (Lipinski definition) is 1. The topological polar surface area (TPSA) is 111 Å². The maximum atomic E-state index is 13.8. The van der Waals surface area contributed by atoms with E-state index in [0.29, 0.717) is 33.9 Å². The van der Waals surface area contributed by atoms with E-state index in [-0.39, 0.29) is 23.4 Å². The summed E-state index contributed by atoms with van der Waals surface area (Å²) in [5, 5.41) is 12.5. The Labute approximate surface area is 218 Å². The molecule has 0 fully saturated rings. The number of anilines is 1. The molecule has 9 heteroatoms. The van der Waals surface area contributed by atoms with E-state index in [9.17, 15) is 19.2 Å². The zero-order valence-electron chi connectivity index (χ0n) is 20.6. The lowest BCUT2D eigenvalue weighted by Gasteiger charge is -2.06. The zero-order chi connectivity index (χ0) is 27.1. The van der Waals surface area contributed by atoms with Gasteiger partial charge in [0.1, 0.15) is 34.7 Å². The summed E-state index contributed by atoms with van der Waals surface area (Å²) in [7, 11) is 3.10. The van der Waals surface area contributed by atoms with E-state index in [1.807, 2.05) is 0 Å². The molecule has 1 aromatic heterocycles. The minimum Gasteiger partial charge on any atom is -0.497 e. The van der Waals surface area contributed by atoms with Crippen LogP contribution in [0.3, 0.4) is 0 Å². The lowest BCUT2D eigenvalue weighted by atomic mass is 9.98. The number of methoxy groups -OCH3 is 2. The van der Waals surface area contributed by atoms with Crippen molar-refractivity contribution < 1.29 is 32.6 Å². The highest BCUT2D eigenvalue weighted by molar-refractivity contribution is 5.97. The van der Waals surface area contributed by atoms with Gasteiger partial charge in [-0.05, 0) is 53.6 Å². The quantitative estimate of drug-likeness (QED) is 0.299. The summed E-state index contributed by atoms with van der Waals surface area (Å²) in [4.78, 5) is 24.7. The average molecular weight is 515 g/mol. The van der Waals surface area contributed by atoms with Gasteiger partial charge >= 0.3 is 5.97 Å². The summed E-state index contributed by atoms with van der Waals surface area (Å²) < 4.78 is 35.2. The van der Waals surface area contributed by atoms with Crippen molar-refractivity contribution in [1.82, 2.24) is 0 Å². The number of esters is 1. The smallest absolute Gasteiger partial charge is 0.310 e. The van der Waals surface area contributed by atoms with Crippen molar-refractivity contribution >= 4 is 17.8 Å². The van der Waals surface area contributed by atoms with Crippen molar-refractivity contribution in [2.24, 2.45) is 0 Å². The average Bonchev–Trinajstić information content (AvgIpc) is 3.31. The third kappa shape index (κ3) is 5.82. The molecular formula is C29H23FN2O6. The van der Waals surface area contributed by atoms with Crippen LogP contribution in [0.4, 0.5) is 10.3 Å². The van der Waals surface area contributed by atoms with E-state index in [4.69, 9.17) is 18.6 Å². The molecule has 0 spiro atoms. The molecule has 38 heavy (non-hydrogen) atoms. The van der Waals surface area contributed by atoms with Crippen molar-refractivity contribution in [3.05, 3.63) is 89.7 Å². The summed E-state index contributed by atoms with van der Waals surface area (Å²) in [6.45, 7) is -0.644. The van der Waals surface area contributed by atoms with Gasteiger partial charge in [0, 0.05) is 11.1 Å². The van der Waals surface area contributed by atoms with E-state index in [0.717, 1.165) is 0 Å². The number of carbonyl (C=O) groups is 2. The number of ether oxygens (including phenoxy) is 3. The molecule has 0 saturated carbocycles. The Kier molecular flexibility index (Phi) is 8.04. The van der Waals surface area contributed by atoms with Crippen LogP contribution >= 0.6 is 0 Å². The van der Waals surface area contributed by atoms with Gasteiger partial charge in [-0.1, -0.05) is 30.3 Å². The monoisotopic (exact) mass is 514 g/mol. The highest BCUT2D eigenvalue weighted by Gasteiger charge is 2.25. The number of furan rings is 1. The summed E-state index contributed by atoms with van der Waals surface area (Å²) in [6.07, 6.45) is -0.326.